The van der Waals surface area contributed by atoms with Gasteiger partial charge in [0.25, 0.3) is 5.91 Å². The minimum atomic E-state index is -0.240. The molecule has 0 radical (unpaired) electrons. The first kappa shape index (κ1) is 20.9. The number of amides is 3. The molecule has 4 saturated carbocycles. The molecule has 5 rings (SSSR count). The van der Waals surface area contributed by atoms with Gasteiger partial charge in [0.15, 0.2) is 0 Å². The topological polar surface area (TPSA) is 78.5 Å². The van der Waals surface area contributed by atoms with Gasteiger partial charge in [-0.25, -0.2) is 0 Å². The van der Waals surface area contributed by atoms with Gasteiger partial charge in [-0.3, -0.25) is 14.4 Å². The molecule has 1 aromatic carbocycles. The molecule has 0 saturated heterocycles. The summed E-state index contributed by atoms with van der Waals surface area (Å²) in [5.74, 6) is 1.92. The molecule has 3 amide bonds. The largest absolute Gasteiger partial charge is 0.347 e. The molecule has 1 aromatic rings. The van der Waals surface area contributed by atoms with Crippen LogP contribution in [0, 0.1) is 23.2 Å². The predicted octanol–water partition coefficient (Wildman–Crippen LogP) is 3.44. The van der Waals surface area contributed by atoms with Gasteiger partial charge in [-0.15, -0.1) is 0 Å². The highest BCUT2D eigenvalue weighted by Crippen LogP contribution is 2.60. The fraction of sp³-hybridized carbons (Fsp3) is 0.625. The minimum absolute atomic E-state index is 0.0132. The van der Waals surface area contributed by atoms with Gasteiger partial charge in [0.05, 0.1) is 6.54 Å². The van der Waals surface area contributed by atoms with Crippen molar-refractivity contribution in [2.75, 3.05) is 25.0 Å². The third-order valence-electron chi connectivity index (χ3n) is 7.40. The van der Waals surface area contributed by atoms with Crippen molar-refractivity contribution in [3.8, 4) is 0 Å². The van der Waals surface area contributed by atoms with Gasteiger partial charge >= 0.3 is 0 Å². The van der Waals surface area contributed by atoms with Crippen molar-refractivity contribution in [3.05, 3.63) is 29.8 Å². The van der Waals surface area contributed by atoms with Gasteiger partial charge in [-0.2, -0.15) is 0 Å². The number of carbonyl (C=O) groups excluding carboxylic acids is 3. The summed E-state index contributed by atoms with van der Waals surface area (Å²) in [6.45, 7) is 5.22. The Morgan fingerprint density at radius 2 is 1.47 bits per heavy atom. The molecular weight excluding hydrogens is 378 g/mol. The normalized spacial score (nSPS) is 28.8. The zero-order valence-corrected chi connectivity index (χ0v) is 18.1. The van der Waals surface area contributed by atoms with E-state index in [1.807, 2.05) is 13.8 Å². The minimum Gasteiger partial charge on any atom is -0.347 e. The second-order valence-corrected chi connectivity index (χ2v) is 9.48. The van der Waals surface area contributed by atoms with E-state index in [4.69, 9.17) is 0 Å². The molecule has 4 bridgehead atoms. The molecular formula is C24H33N3O3. The Bertz CT molecular complexity index is 778. The second kappa shape index (κ2) is 8.40. The smallest absolute Gasteiger partial charge is 0.253 e. The molecule has 2 N–H and O–H groups in total. The van der Waals surface area contributed by atoms with Gasteiger partial charge in [0.1, 0.15) is 0 Å². The Hall–Kier alpha value is -2.37. The zero-order chi connectivity index (χ0) is 21.3. The summed E-state index contributed by atoms with van der Waals surface area (Å²) in [4.78, 5) is 39.5. The summed E-state index contributed by atoms with van der Waals surface area (Å²) < 4.78 is 0. The van der Waals surface area contributed by atoms with E-state index in [1.165, 1.54) is 19.3 Å². The molecule has 0 atom stereocenters. The number of rotatable bonds is 7. The Morgan fingerprint density at radius 3 is 1.97 bits per heavy atom. The summed E-state index contributed by atoms with van der Waals surface area (Å²) in [5, 5.41) is 5.72. The van der Waals surface area contributed by atoms with E-state index < -0.39 is 0 Å². The van der Waals surface area contributed by atoms with E-state index in [-0.39, 0.29) is 29.7 Å². The van der Waals surface area contributed by atoms with Crippen LogP contribution in [0.4, 0.5) is 5.69 Å². The Morgan fingerprint density at radius 1 is 0.933 bits per heavy atom. The lowest BCUT2D eigenvalue weighted by molar-refractivity contribution is -0.146. The lowest BCUT2D eigenvalue weighted by Crippen LogP contribution is -2.54. The number of nitrogens with zero attached hydrogens (tertiary/aromatic N) is 1. The SMILES string of the molecule is CCN(CC)C(=O)c1ccc(NC(=O)CNC(=O)C23CC4CC(CC(C4)C2)C3)cc1. The van der Waals surface area contributed by atoms with Crippen LogP contribution in [-0.2, 0) is 9.59 Å². The molecule has 0 unspecified atom stereocenters. The standard InChI is InChI=1S/C24H33N3O3/c1-3-27(4-2)22(29)19-5-7-20(8-6-19)26-21(28)15-25-23(30)24-12-16-9-17(13-24)11-18(10-16)14-24/h5-8,16-18H,3-4,9-15H2,1-2H3,(H,25,30)(H,26,28). The van der Waals surface area contributed by atoms with Crippen molar-refractivity contribution >= 4 is 23.4 Å². The maximum Gasteiger partial charge on any atom is 0.253 e. The molecule has 0 heterocycles. The number of anilines is 1. The van der Waals surface area contributed by atoms with Gasteiger partial charge in [-0.1, -0.05) is 0 Å². The van der Waals surface area contributed by atoms with Crippen molar-refractivity contribution in [2.24, 2.45) is 23.2 Å². The van der Waals surface area contributed by atoms with Gasteiger partial charge in [0.2, 0.25) is 11.8 Å². The average molecular weight is 412 g/mol. The highest BCUT2D eigenvalue weighted by atomic mass is 16.2. The van der Waals surface area contributed by atoms with Crippen LogP contribution in [0.25, 0.3) is 0 Å². The molecule has 0 aromatic heterocycles. The molecule has 6 nitrogen and oxygen atoms in total. The van der Waals surface area contributed by atoms with E-state index in [0.717, 1.165) is 19.3 Å². The number of carbonyl (C=O) groups is 3. The highest BCUT2D eigenvalue weighted by molar-refractivity contribution is 5.97. The summed E-state index contributed by atoms with van der Waals surface area (Å²) >= 11 is 0. The maximum atomic E-state index is 13.0. The van der Waals surface area contributed by atoms with Gasteiger partial charge in [0, 0.05) is 29.8 Å². The van der Waals surface area contributed by atoms with Crippen LogP contribution in [0.2, 0.25) is 0 Å². The van der Waals surface area contributed by atoms with Gasteiger partial charge in [-0.05, 0) is 94.4 Å². The summed E-state index contributed by atoms with van der Waals surface area (Å²) in [5.41, 5.74) is 0.994. The van der Waals surface area contributed by atoms with Crippen LogP contribution < -0.4 is 10.6 Å². The fourth-order valence-corrected chi connectivity index (χ4v) is 6.33. The second-order valence-electron chi connectivity index (χ2n) is 9.48. The molecule has 4 fully saturated rings. The van der Waals surface area contributed by atoms with E-state index in [2.05, 4.69) is 10.6 Å². The van der Waals surface area contributed by atoms with Gasteiger partial charge < -0.3 is 15.5 Å². The average Bonchev–Trinajstić information content (AvgIpc) is 2.72. The fourth-order valence-electron chi connectivity index (χ4n) is 6.33. The third-order valence-corrected chi connectivity index (χ3v) is 7.40. The number of benzene rings is 1. The first-order valence-corrected chi connectivity index (χ1v) is 11.4. The van der Waals surface area contributed by atoms with E-state index in [9.17, 15) is 14.4 Å². The summed E-state index contributed by atoms with van der Waals surface area (Å²) in [6.07, 6.45) is 6.86. The van der Waals surface area contributed by atoms with Crippen LogP contribution >= 0.6 is 0 Å². The summed E-state index contributed by atoms with van der Waals surface area (Å²) in [7, 11) is 0. The molecule has 162 valence electrons. The molecule has 0 aliphatic heterocycles. The van der Waals surface area contributed by atoms with Crippen LogP contribution in [0.15, 0.2) is 24.3 Å². The van der Waals surface area contributed by atoms with Crippen LogP contribution in [0.3, 0.4) is 0 Å². The Balaban J connectivity index is 1.29. The lowest BCUT2D eigenvalue weighted by atomic mass is 9.49. The molecule has 6 heteroatoms. The van der Waals surface area contributed by atoms with Crippen LogP contribution in [0.1, 0.15) is 62.7 Å². The van der Waals surface area contributed by atoms with Crippen molar-refractivity contribution < 1.29 is 14.4 Å². The number of hydrogen-bond acceptors (Lipinski definition) is 3. The zero-order valence-electron chi connectivity index (χ0n) is 18.1. The van der Waals surface area contributed by atoms with E-state index >= 15 is 0 Å². The van der Waals surface area contributed by atoms with Crippen LogP contribution in [0.5, 0.6) is 0 Å². The number of hydrogen-bond donors (Lipinski definition) is 2. The first-order valence-electron chi connectivity index (χ1n) is 11.4. The first-order chi connectivity index (χ1) is 14.4. The molecule has 30 heavy (non-hydrogen) atoms. The monoisotopic (exact) mass is 411 g/mol. The van der Waals surface area contributed by atoms with E-state index in [1.54, 1.807) is 29.2 Å². The highest BCUT2D eigenvalue weighted by Gasteiger charge is 2.54. The Kier molecular flexibility index (Phi) is 5.85. The predicted molar refractivity (Wildman–Crippen MR) is 116 cm³/mol. The summed E-state index contributed by atoms with van der Waals surface area (Å²) in [6, 6.07) is 6.92. The van der Waals surface area contributed by atoms with Crippen molar-refractivity contribution in [1.29, 1.82) is 0 Å². The quantitative estimate of drug-likeness (QED) is 0.721. The van der Waals surface area contributed by atoms with Crippen molar-refractivity contribution in [3.63, 3.8) is 0 Å². The van der Waals surface area contributed by atoms with Crippen LogP contribution in [-0.4, -0.2) is 42.3 Å². The van der Waals surface area contributed by atoms with Crippen molar-refractivity contribution in [2.45, 2.75) is 52.4 Å². The van der Waals surface area contributed by atoms with Crippen molar-refractivity contribution in [1.82, 2.24) is 10.2 Å². The Labute approximate surface area is 178 Å². The molecule has 4 aliphatic carbocycles. The maximum absolute atomic E-state index is 13.0. The lowest BCUT2D eigenvalue weighted by Gasteiger charge is -2.55. The number of nitrogens with one attached hydrogen (secondary N) is 2. The van der Waals surface area contributed by atoms with E-state index in [0.29, 0.717) is 42.1 Å². The molecule has 0 spiro atoms. The third kappa shape index (κ3) is 4.09. The molecule has 4 aliphatic rings.